The molecule has 2 amide bonds. The molecule has 0 saturated heterocycles. The van der Waals surface area contributed by atoms with E-state index in [1.165, 1.54) is 6.92 Å². The number of nitrogens with one attached hydrogen (secondary N) is 3. The molecule has 21 heavy (non-hydrogen) atoms. The maximum atomic E-state index is 11.8. The van der Waals surface area contributed by atoms with Gasteiger partial charge in [-0.3, -0.25) is 9.59 Å². The molecule has 0 unspecified atom stereocenters. The molecule has 6 nitrogen and oxygen atoms in total. The van der Waals surface area contributed by atoms with E-state index in [0.717, 1.165) is 5.56 Å². The van der Waals surface area contributed by atoms with Gasteiger partial charge in [0.15, 0.2) is 0 Å². The molecule has 1 aromatic carbocycles. The Morgan fingerprint density at radius 1 is 1.24 bits per heavy atom. The summed E-state index contributed by atoms with van der Waals surface area (Å²) in [6, 6.07) is 5.38. The molecule has 1 rings (SSSR count). The summed E-state index contributed by atoms with van der Waals surface area (Å²) in [5.74, 6) is -0.281. The molecule has 0 fully saturated rings. The van der Waals surface area contributed by atoms with Crippen molar-refractivity contribution in [2.75, 3.05) is 37.4 Å². The highest BCUT2D eigenvalue weighted by Crippen LogP contribution is 2.20. The quantitative estimate of drug-likeness (QED) is 0.667. The number of methoxy groups -OCH3 is 1. The van der Waals surface area contributed by atoms with Crippen LogP contribution in [0.3, 0.4) is 0 Å². The molecule has 0 saturated carbocycles. The maximum Gasteiger partial charge on any atom is 0.238 e. The van der Waals surface area contributed by atoms with Crippen LogP contribution in [0.1, 0.15) is 12.5 Å². The highest BCUT2D eigenvalue weighted by Gasteiger charge is 2.06. The predicted octanol–water partition coefficient (Wildman–Crippen LogP) is 1.55. The molecule has 0 atom stereocenters. The number of hydrogen-bond donors (Lipinski definition) is 3. The molecule has 0 bridgehead atoms. The van der Waals surface area contributed by atoms with Gasteiger partial charge in [-0.15, -0.1) is 12.4 Å². The Morgan fingerprint density at radius 3 is 2.57 bits per heavy atom. The van der Waals surface area contributed by atoms with E-state index in [4.69, 9.17) is 4.74 Å². The summed E-state index contributed by atoms with van der Waals surface area (Å²) >= 11 is 0. The minimum Gasteiger partial charge on any atom is -0.383 e. The van der Waals surface area contributed by atoms with E-state index < -0.39 is 0 Å². The molecule has 0 aromatic heterocycles. The first-order chi connectivity index (χ1) is 9.52. The number of carbonyl (C=O) groups is 2. The summed E-state index contributed by atoms with van der Waals surface area (Å²) in [5, 5.41) is 8.46. The molecular weight excluding hydrogens is 294 g/mol. The van der Waals surface area contributed by atoms with Crippen molar-refractivity contribution in [3.8, 4) is 0 Å². The summed E-state index contributed by atoms with van der Waals surface area (Å²) in [4.78, 5) is 22.8. The average Bonchev–Trinajstić information content (AvgIpc) is 2.38. The Bertz CT molecular complexity index is 481. The lowest BCUT2D eigenvalue weighted by molar-refractivity contribution is -0.115. The number of ether oxygens (including phenoxy) is 1. The van der Waals surface area contributed by atoms with Crippen molar-refractivity contribution >= 4 is 35.6 Å². The van der Waals surface area contributed by atoms with Gasteiger partial charge in [0, 0.05) is 32.0 Å². The van der Waals surface area contributed by atoms with Crippen molar-refractivity contribution in [1.29, 1.82) is 0 Å². The van der Waals surface area contributed by atoms with Crippen molar-refractivity contribution in [3.63, 3.8) is 0 Å². The largest absolute Gasteiger partial charge is 0.383 e. The van der Waals surface area contributed by atoms with Gasteiger partial charge in [-0.25, -0.2) is 0 Å². The van der Waals surface area contributed by atoms with Crippen molar-refractivity contribution in [1.82, 2.24) is 5.32 Å². The van der Waals surface area contributed by atoms with Crippen LogP contribution >= 0.6 is 12.4 Å². The SMILES string of the molecule is COCCNCC(=O)Nc1cc(NC(C)=O)ccc1C.Cl. The second-order valence-corrected chi connectivity index (χ2v) is 4.43. The van der Waals surface area contributed by atoms with Crippen molar-refractivity contribution in [2.24, 2.45) is 0 Å². The van der Waals surface area contributed by atoms with Crippen LogP contribution in [0.4, 0.5) is 11.4 Å². The Hall–Kier alpha value is -1.63. The van der Waals surface area contributed by atoms with Crippen LogP contribution < -0.4 is 16.0 Å². The highest BCUT2D eigenvalue weighted by molar-refractivity contribution is 5.95. The van der Waals surface area contributed by atoms with E-state index in [1.54, 1.807) is 19.2 Å². The second-order valence-electron chi connectivity index (χ2n) is 4.43. The third-order valence-electron chi connectivity index (χ3n) is 2.60. The summed E-state index contributed by atoms with van der Waals surface area (Å²) < 4.78 is 4.88. The lowest BCUT2D eigenvalue weighted by atomic mass is 10.1. The van der Waals surface area contributed by atoms with Crippen LogP contribution in [-0.2, 0) is 14.3 Å². The summed E-state index contributed by atoms with van der Waals surface area (Å²) in [7, 11) is 1.61. The highest BCUT2D eigenvalue weighted by atomic mass is 35.5. The van der Waals surface area contributed by atoms with E-state index in [2.05, 4.69) is 16.0 Å². The molecular formula is C14H22ClN3O3. The lowest BCUT2D eigenvalue weighted by Gasteiger charge is -2.11. The Balaban J connectivity index is 0.00000400. The smallest absolute Gasteiger partial charge is 0.238 e. The second kappa shape index (κ2) is 10.1. The van der Waals surface area contributed by atoms with Gasteiger partial charge >= 0.3 is 0 Å². The number of rotatable bonds is 7. The third kappa shape index (κ3) is 7.65. The van der Waals surface area contributed by atoms with Crippen LogP contribution in [0.2, 0.25) is 0 Å². The Morgan fingerprint density at radius 2 is 1.95 bits per heavy atom. The average molecular weight is 316 g/mol. The zero-order valence-electron chi connectivity index (χ0n) is 12.5. The molecule has 0 aliphatic rings. The third-order valence-corrected chi connectivity index (χ3v) is 2.60. The molecule has 118 valence electrons. The fraction of sp³-hybridized carbons (Fsp3) is 0.429. The molecule has 7 heteroatoms. The first-order valence-corrected chi connectivity index (χ1v) is 6.40. The van der Waals surface area contributed by atoms with Gasteiger partial charge < -0.3 is 20.7 Å². The van der Waals surface area contributed by atoms with E-state index in [-0.39, 0.29) is 30.8 Å². The molecule has 0 aliphatic carbocycles. The van der Waals surface area contributed by atoms with Crippen LogP contribution in [0.25, 0.3) is 0 Å². The standard InChI is InChI=1S/C14H21N3O3.ClH/c1-10-4-5-12(16-11(2)18)8-13(10)17-14(19)9-15-6-7-20-3;/h4-5,8,15H,6-7,9H2,1-3H3,(H,16,18)(H,17,19);1H. The van der Waals surface area contributed by atoms with Gasteiger partial charge in [0.1, 0.15) is 0 Å². The predicted molar refractivity (Wildman–Crippen MR) is 86.1 cm³/mol. The fourth-order valence-corrected chi connectivity index (χ4v) is 1.61. The first kappa shape index (κ1) is 19.4. The summed E-state index contributed by atoms with van der Waals surface area (Å²) in [6.45, 7) is 4.73. The molecule has 0 aliphatic heterocycles. The Labute approximate surface area is 131 Å². The van der Waals surface area contributed by atoms with Gasteiger partial charge in [0.25, 0.3) is 0 Å². The molecule has 3 N–H and O–H groups in total. The van der Waals surface area contributed by atoms with Gasteiger partial charge in [-0.1, -0.05) is 6.07 Å². The van der Waals surface area contributed by atoms with Gasteiger partial charge in [0.05, 0.1) is 13.2 Å². The Kier molecular flexibility index (Phi) is 9.36. The van der Waals surface area contributed by atoms with Crippen LogP contribution in [-0.4, -0.2) is 38.6 Å². The van der Waals surface area contributed by atoms with Gasteiger partial charge in [0.2, 0.25) is 11.8 Å². The number of hydrogen-bond acceptors (Lipinski definition) is 4. The molecule has 0 spiro atoms. The molecule has 0 heterocycles. The van der Waals surface area contributed by atoms with E-state index in [1.807, 2.05) is 13.0 Å². The zero-order valence-corrected chi connectivity index (χ0v) is 13.3. The number of aryl methyl sites for hydroxylation is 1. The normalized spacial score (nSPS) is 9.67. The number of carbonyl (C=O) groups excluding carboxylic acids is 2. The number of halogens is 1. The number of amides is 2. The monoisotopic (exact) mass is 315 g/mol. The van der Waals surface area contributed by atoms with Crippen molar-refractivity contribution < 1.29 is 14.3 Å². The van der Waals surface area contributed by atoms with Crippen molar-refractivity contribution in [2.45, 2.75) is 13.8 Å². The van der Waals surface area contributed by atoms with Gasteiger partial charge in [-0.2, -0.15) is 0 Å². The molecule has 0 radical (unpaired) electrons. The van der Waals surface area contributed by atoms with Crippen LogP contribution in [0, 0.1) is 6.92 Å². The lowest BCUT2D eigenvalue weighted by Crippen LogP contribution is -2.30. The summed E-state index contributed by atoms with van der Waals surface area (Å²) in [6.07, 6.45) is 0. The zero-order chi connectivity index (χ0) is 15.0. The van der Waals surface area contributed by atoms with Crippen LogP contribution in [0.15, 0.2) is 18.2 Å². The number of anilines is 2. The van der Waals surface area contributed by atoms with Crippen LogP contribution in [0.5, 0.6) is 0 Å². The van der Waals surface area contributed by atoms with Gasteiger partial charge in [-0.05, 0) is 24.6 Å². The minimum atomic E-state index is -0.146. The van der Waals surface area contributed by atoms with E-state index >= 15 is 0 Å². The fourth-order valence-electron chi connectivity index (χ4n) is 1.61. The maximum absolute atomic E-state index is 11.8. The topological polar surface area (TPSA) is 79.5 Å². The summed E-state index contributed by atoms with van der Waals surface area (Å²) in [5.41, 5.74) is 2.28. The minimum absolute atomic E-state index is 0. The first-order valence-electron chi connectivity index (χ1n) is 6.40. The van der Waals surface area contributed by atoms with E-state index in [9.17, 15) is 9.59 Å². The number of benzene rings is 1. The molecule has 1 aromatic rings. The van der Waals surface area contributed by atoms with E-state index in [0.29, 0.717) is 24.5 Å². The van der Waals surface area contributed by atoms with Crippen molar-refractivity contribution in [3.05, 3.63) is 23.8 Å².